The fourth-order valence-electron chi connectivity index (χ4n) is 2.29. The Hall–Kier alpha value is -1.02. The Morgan fingerprint density at radius 3 is 2.73 bits per heavy atom. The molecule has 0 radical (unpaired) electrons. The minimum Gasteiger partial charge on any atom is -0.398 e. The van der Waals surface area contributed by atoms with Gasteiger partial charge in [0.25, 0.3) is 0 Å². The van der Waals surface area contributed by atoms with Crippen molar-refractivity contribution in [3.05, 3.63) is 23.2 Å². The van der Waals surface area contributed by atoms with Crippen molar-refractivity contribution in [2.45, 2.75) is 34.5 Å². The largest absolute Gasteiger partial charge is 0.398 e. The van der Waals surface area contributed by atoms with E-state index in [0.29, 0.717) is 10.7 Å². The Labute approximate surface area is 143 Å². The molecule has 8 heteroatoms. The number of piperidine rings is 1. The molecule has 5 nitrogen and oxygen atoms in total. The first kappa shape index (κ1) is 15.9. The summed E-state index contributed by atoms with van der Waals surface area (Å²) in [6.45, 7) is 3.96. The maximum absolute atomic E-state index is 6.17. The molecular weight excluding hydrogens is 338 g/mol. The van der Waals surface area contributed by atoms with Gasteiger partial charge in [-0.1, -0.05) is 34.7 Å². The summed E-state index contributed by atoms with van der Waals surface area (Å²) in [5.41, 5.74) is 12.7. The number of hydrogen-bond donors (Lipinski definition) is 2. The molecule has 1 aliphatic heterocycles. The second-order valence-corrected chi connectivity index (χ2v) is 8.46. The van der Waals surface area contributed by atoms with Crippen molar-refractivity contribution in [1.82, 2.24) is 10.2 Å². The Morgan fingerprint density at radius 1 is 1.32 bits per heavy atom. The molecule has 4 N–H and O–H groups in total. The van der Waals surface area contributed by atoms with Gasteiger partial charge in [0, 0.05) is 34.2 Å². The summed E-state index contributed by atoms with van der Waals surface area (Å²) in [4.78, 5) is 3.20. The molecule has 0 atom stereocenters. The number of benzene rings is 1. The van der Waals surface area contributed by atoms with Gasteiger partial charge < -0.3 is 16.4 Å². The molecular formula is C14H18ClN5S2. The van der Waals surface area contributed by atoms with Gasteiger partial charge in [-0.25, -0.2) is 0 Å². The summed E-state index contributed by atoms with van der Waals surface area (Å²) < 4.78 is 0.880. The van der Waals surface area contributed by atoms with Gasteiger partial charge in [-0.3, -0.25) is 0 Å². The zero-order valence-corrected chi connectivity index (χ0v) is 14.6. The van der Waals surface area contributed by atoms with E-state index in [9.17, 15) is 0 Å². The summed E-state index contributed by atoms with van der Waals surface area (Å²) >= 11 is 9.02. The zero-order valence-electron chi connectivity index (χ0n) is 12.3. The van der Waals surface area contributed by atoms with Crippen molar-refractivity contribution in [3.63, 3.8) is 0 Å². The Morgan fingerprint density at radius 2 is 2.05 bits per heavy atom. The van der Waals surface area contributed by atoms with Gasteiger partial charge >= 0.3 is 0 Å². The van der Waals surface area contributed by atoms with Gasteiger partial charge in [-0.15, -0.1) is 10.2 Å². The average molecular weight is 356 g/mol. The SMILES string of the molecule is CC1(N)CCN(c2nnc(Sc3ccc(Cl)cc3N)s2)CC1. The molecule has 1 aliphatic rings. The van der Waals surface area contributed by atoms with E-state index in [2.05, 4.69) is 22.0 Å². The molecule has 0 saturated carbocycles. The Balaban J connectivity index is 1.69. The third kappa shape index (κ3) is 3.65. The second-order valence-electron chi connectivity index (χ2n) is 5.78. The lowest BCUT2D eigenvalue weighted by molar-refractivity contribution is 0.364. The first-order chi connectivity index (χ1) is 10.4. The Bertz CT molecular complexity index is 663. The number of nitrogens with zero attached hydrogens (tertiary/aromatic N) is 3. The molecule has 1 saturated heterocycles. The smallest absolute Gasteiger partial charge is 0.209 e. The third-order valence-corrected chi connectivity index (χ3v) is 6.10. The van der Waals surface area contributed by atoms with Crippen LogP contribution in [0.1, 0.15) is 19.8 Å². The maximum Gasteiger partial charge on any atom is 0.209 e. The molecule has 2 heterocycles. The van der Waals surface area contributed by atoms with Gasteiger partial charge in [0.15, 0.2) is 4.34 Å². The highest BCUT2D eigenvalue weighted by molar-refractivity contribution is 8.01. The van der Waals surface area contributed by atoms with Crippen LogP contribution in [0.15, 0.2) is 27.4 Å². The van der Waals surface area contributed by atoms with E-state index in [-0.39, 0.29) is 5.54 Å². The van der Waals surface area contributed by atoms with Crippen LogP contribution in [0.25, 0.3) is 0 Å². The maximum atomic E-state index is 6.17. The molecule has 0 bridgehead atoms. The highest BCUT2D eigenvalue weighted by Gasteiger charge is 2.27. The number of anilines is 2. The van der Waals surface area contributed by atoms with Crippen molar-refractivity contribution in [2.75, 3.05) is 23.7 Å². The molecule has 3 rings (SSSR count). The van der Waals surface area contributed by atoms with Gasteiger partial charge in [0.1, 0.15) is 0 Å². The molecule has 1 aromatic carbocycles. The second kappa shape index (κ2) is 6.23. The summed E-state index contributed by atoms with van der Waals surface area (Å²) in [5.74, 6) is 0. The fourth-order valence-corrected chi connectivity index (χ4v) is 4.34. The lowest BCUT2D eigenvalue weighted by Gasteiger charge is -2.36. The monoisotopic (exact) mass is 355 g/mol. The van der Waals surface area contributed by atoms with Crippen molar-refractivity contribution < 1.29 is 0 Å². The first-order valence-electron chi connectivity index (χ1n) is 7.03. The van der Waals surface area contributed by atoms with Gasteiger partial charge in [0.2, 0.25) is 5.13 Å². The molecule has 0 amide bonds. The normalized spacial score (nSPS) is 17.7. The summed E-state index contributed by atoms with van der Waals surface area (Å²) in [6.07, 6.45) is 1.94. The summed E-state index contributed by atoms with van der Waals surface area (Å²) in [7, 11) is 0. The van der Waals surface area contributed by atoms with Crippen LogP contribution in [-0.2, 0) is 0 Å². The highest BCUT2D eigenvalue weighted by Crippen LogP contribution is 2.37. The molecule has 118 valence electrons. The molecule has 0 unspecified atom stereocenters. The van der Waals surface area contributed by atoms with Crippen LogP contribution < -0.4 is 16.4 Å². The molecule has 2 aromatic rings. The van der Waals surface area contributed by atoms with Crippen LogP contribution in [0.3, 0.4) is 0 Å². The van der Waals surface area contributed by atoms with Crippen LogP contribution in [0, 0.1) is 0 Å². The van der Waals surface area contributed by atoms with Crippen LogP contribution in [0.5, 0.6) is 0 Å². The van der Waals surface area contributed by atoms with Crippen LogP contribution >= 0.6 is 34.7 Å². The zero-order chi connectivity index (χ0) is 15.7. The predicted octanol–water partition coefficient (Wildman–Crippen LogP) is 3.24. The number of halogens is 1. The van der Waals surface area contributed by atoms with E-state index in [4.69, 9.17) is 23.1 Å². The van der Waals surface area contributed by atoms with E-state index >= 15 is 0 Å². The van der Waals surface area contributed by atoms with Gasteiger partial charge in [0.05, 0.1) is 0 Å². The van der Waals surface area contributed by atoms with Crippen molar-refractivity contribution in [3.8, 4) is 0 Å². The van der Waals surface area contributed by atoms with Gasteiger partial charge in [-0.05, 0) is 38.0 Å². The summed E-state index contributed by atoms with van der Waals surface area (Å²) in [6, 6.07) is 5.48. The number of aromatic nitrogens is 2. The molecule has 22 heavy (non-hydrogen) atoms. The van der Waals surface area contributed by atoms with Crippen molar-refractivity contribution >= 4 is 45.5 Å². The van der Waals surface area contributed by atoms with E-state index < -0.39 is 0 Å². The number of nitrogens with two attached hydrogens (primary N) is 2. The van der Waals surface area contributed by atoms with E-state index in [1.165, 1.54) is 11.8 Å². The van der Waals surface area contributed by atoms with Crippen molar-refractivity contribution in [2.24, 2.45) is 5.73 Å². The van der Waals surface area contributed by atoms with E-state index in [1.54, 1.807) is 17.4 Å². The van der Waals surface area contributed by atoms with Crippen LogP contribution in [-0.4, -0.2) is 28.8 Å². The molecule has 1 fully saturated rings. The summed E-state index contributed by atoms with van der Waals surface area (Å²) in [5, 5.41) is 10.1. The minimum absolute atomic E-state index is 0.0590. The lowest BCUT2D eigenvalue weighted by atomic mass is 9.91. The number of hydrogen-bond acceptors (Lipinski definition) is 7. The minimum atomic E-state index is -0.0590. The third-order valence-electron chi connectivity index (χ3n) is 3.74. The molecule has 1 aromatic heterocycles. The lowest BCUT2D eigenvalue weighted by Crippen LogP contribution is -2.48. The van der Waals surface area contributed by atoms with Crippen LogP contribution in [0.2, 0.25) is 5.02 Å². The standard InChI is InChI=1S/C14H18ClN5S2/c1-14(17)4-6-20(7-5-14)12-18-19-13(22-12)21-11-3-2-9(15)8-10(11)16/h2-3,8H,4-7,16-17H2,1H3. The topological polar surface area (TPSA) is 81.1 Å². The van der Waals surface area contributed by atoms with E-state index in [0.717, 1.165) is 40.3 Å². The highest BCUT2D eigenvalue weighted by atomic mass is 35.5. The number of nitrogen functional groups attached to an aromatic ring is 1. The van der Waals surface area contributed by atoms with Crippen molar-refractivity contribution in [1.29, 1.82) is 0 Å². The molecule has 0 aliphatic carbocycles. The predicted molar refractivity (Wildman–Crippen MR) is 93.9 cm³/mol. The fraction of sp³-hybridized carbons (Fsp3) is 0.429. The Kier molecular flexibility index (Phi) is 4.49. The molecule has 0 spiro atoms. The van der Waals surface area contributed by atoms with Crippen LogP contribution in [0.4, 0.5) is 10.8 Å². The van der Waals surface area contributed by atoms with Gasteiger partial charge in [-0.2, -0.15) is 0 Å². The van der Waals surface area contributed by atoms with E-state index in [1.807, 2.05) is 12.1 Å². The first-order valence-corrected chi connectivity index (χ1v) is 9.04. The number of rotatable bonds is 3. The quantitative estimate of drug-likeness (QED) is 0.822. The average Bonchev–Trinajstić information content (AvgIpc) is 2.90.